The van der Waals surface area contributed by atoms with Crippen molar-refractivity contribution >= 4 is 0 Å². The highest BCUT2D eigenvalue weighted by Gasteiger charge is 2.07. The molecule has 0 atom stereocenters. The Labute approximate surface area is 86.2 Å². The van der Waals surface area contributed by atoms with Crippen LogP contribution < -0.4 is 5.56 Å². The lowest BCUT2D eigenvalue weighted by Crippen LogP contribution is -2.02. The second-order valence-corrected chi connectivity index (χ2v) is 3.30. The van der Waals surface area contributed by atoms with Crippen LogP contribution in [0.1, 0.15) is 11.1 Å². The van der Waals surface area contributed by atoms with E-state index in [1.165, 1.54) is 0 Å². The molecule has 1 heterocycles. The van der Waals surface area contributed by atoms with Crippen LogP contribution in [0.4, 0.5) is 0 Å². The van der Waals surface area contributed by atoms with Gasteiger partial charge < -0.3 is 5.10 Å². The van der Waals surface area contributed by atoms with Crippen molar-refractivity contribution in [2.75, 3.05) is 0 Å². The molecular formula is C11H9N3O. The van der Waals surface area contributed by atoms with E-state index in [9.17, 15) is 4.79 Å². The van der Waals surface area contributed by atoms with Crippen molar-refractivity contribution in [3.05, 3.63) is 45.9 Å². The summed E-state index contributed by atoms with van der Waals surface area (Å²) in [6, 6.07) is 7.31. The summed E-state index contributed by atoms with van der Waals surface area (Å²) in [5.41, 5.74) is 2.80. The maximum atomic E-state index is 11.4. The highest BCUT2D eigenvalue weighted by Crippen LogP contribution is 2.20. The lowest BCUT2D eigenvalue weighted by atomic mass is 10.0. The first-order chi connectivity index (χ1) is 7.22. The molecule has 0 saturated carbocycles. The van der Waals surface area contributed by atoms with Gasteiger partial charge in [0.15, 0.2) is 0 Å². The second kappa shape index (κ2) is 3.46. The number of aromatic amines is 2. The van der Waals surface area contributed by atoms with Crippen molar-refractivity contribution in [2.24, 2.45) is 0 Å². The van der Waals surface area contributed by atoms with Gasteiger partial charge in [0.05, 0.1) is 17.2 Å². The fourth-order valence-corrected chi connectivity index (χ4v) is 1.54. The third-order valence-electron chi connectivity index (χ3n) is 2.29. The highest BCUT2D eigenvalue weighted by atomic mass is 16.1. The molecule has 2 aromatic rings. The summed E-state index contributed by atoms with van der Waals surface area (Å²) >= 11 is 0. The number of aryl methyl sites for hydroxylation is 1. The van der Waals surface area contributed by atoms with Gasteiger partial charge in [-0.25, -0.2) is 0 Å². The van der Waals surface area contributed by atoms with Crippen LogP contribution in [0.25, 0.3) is 11.1 Å². The second-order valence-electron chi connectivity index (χ2n) is 3.30. The van der Waals surface area contributed by atoms with E-state index in [-0.39, 0.29) is 5.56 Å². The van der Waals surface area contributed by atoms with Gasteiger partial charge in [-0.1, -0.05) is 6.07 Å². The van der Waals surface area contributed by atoms with Gasteiger partial charge in [0.1, 0.15) is 0 Å². The van der Waals surface area contributed by atoms with E-state index in [2.05, 4.69) is 16.3 Å². The molecule has 0 aliphatic rings. The average molecular weight is 199 g/mol. The molecule has 0 bridgehead atoms. The van der Waals surface area contributed by atoms with E-state index in [0.717, 1.165) is 11.1 Å². The molecule has 4 nitrogen and oxygen atoms in total. The fraction of sp³-hybridized carbons (Fsp3) is 0.0909. The normalized spacial score (nSPS) is 9.87. The number of hydrogen-bond acceptors (Lipinski definition) is 2. The van der Waals surface area contributed by atoms with E-state index in [0.29, 0.717) is 11.1 Å². The molecule has 0 unspecified atom stereocenters. The molecule has 1 aromatic heterocycles. The van der Waals surface area contributed by atoms with Crippen LogP contribution in [0.2, 0.25) is 0 Å². The Morgan fingerprint density at radius 2 is 2.13 bits per heavy atom. The number of benzene rings is 1. The van der Waals surface area contributed by atoms with Gasteiger partial charge in [0.2, 0.25) is 0 Å². The van der Waals surface area contributed by atoms with Crippen molar-refractivity contribution in [1.82, 2.24) is 10.2 Å². The van der Waals surface area contributed by atoms with Crippen LogP contribution in [0, 0.1) is 18.3 Å². The van der Waals surface area contributed by atoms with Crippen LogP contribution in [0.15, 0.2) is 29.2 Å². The van der Waals surface area contributed by atoms with Gasteiger partial charge in [-0.05, 0) is 30.2 Å². The van der Waals surface area contributed by atoms with Crippen LogP contribution in [0.5, 0.6) is 0 Å². The van der Waals surface area contributed by atoms with E-state index in [1.54, 1.807) is 24.4 Å². The molecule has 15 heavy (non-hydrogen) atoms. The minimum atomic E-state index is -0.150. The summed E-state index contributed by atoms with van der Waals surface area (Å²) in [4.78, 5) is 11.4. The third-order valence-corrected chi connectivity index (χ3v) is 2.29. The monoisotopic (exact) mass is 199 g/mol. The van der Waals surface area contributed by atoms with Crippen LogP contribution >= 0.6 is 0 Å². The first-order valence-electron chi connectivity index (χ1n) is 4.49. The predicted octanol–water partition coefficient (Wildman–Crippen LogP) is 1.55. The van der Waals surface area contributed by atoms with Gasteiger partial charge >= 0.3 is 0 Å². The molecule has 4 heteroatoms. The number of H-pyrrole nitrogens is 2. The van der Waals surface area contributed by atoms with Gasteiger partial charge in [0, 0.05) is 6.20 Å². The minimum absolute atomic E-state index is 0.150. The maximum absolute atomic E-state index is 11.4. The van der Waals surface area contributed by atoms with Gasteiger partial charge in [0.25, 0.3) is 5.56 Å². The van der Waals surface area contributed by atoms with Crippen molar-refractivity contribution in [3.63, 3.8) is 0 Å². The molecule has 0 amide bonds. The zero-order valence-electron chi connectivity index (χ0n) is 8.16. The molecule has 0 saturated heterocycles. The number of nitrogens with zero attached hydrogens (tertiary/aromatic N) is 1. The fourth-order valence-electron chi connectivity index (χ4n) is 1.54. The number of nitrogens with one attached hydrogen (secondary N) is 2. The zero-order chi connectivity index (χ0) is 10.8. The average Bonchev–Trinajstić information content (AvgIpc) is 2.64. The molecule has 1 aromatic carbocycles. The summed E-state index contributed by atoms with van der Waals surface area (Å²) < 4.78 is 0. The summed E-state index contributed by atoms with van der Waals surface area (Å²) in [7, 11) is 0. The van der Waals surface area contributed by atoms with Crippen molar-refractivity contribution in [1.29, 1.82) is 5.26 Å². The number of aromatic nitrogens is 2. The lowest BCUT2D eigenvalue weighted by molar-refractivity contribution is 1.06. The Bertz CT molecular complexity index is 586. The highest BCUT2D eigenvalue weighted by molar-refractivity contribution is 5.66. The van der Waals surface area contributed by atoms with E-state index < -0.39 is 0 Å². The molecule has 0 aliphatic carbocycles. The van der Waals surface area contributed by atoms with Gasteiger partial charge in [-0.3, -0.25) is 9.89 Å². The Hall–Kier alpha value is -2.28. The minimum Gasteiger partial charge on any atom is -0.305 e. The summed E-state index contributed by atoms with van der Waals surface area (Å²) in [5.74, 6) is 0. The molecular weight excluding hydrogens is 190 g/mol. The number of hydrogen-bond donors (Lipinski definition) is 2. The van der Waals surface area contributed by atoms with E-state index in [4.69, 9.17) is 5.26 Å². The van der Waals surface area contributed by atoms with Crippen LogP contribution in [-0.4, -0.2) is 10.2 Å². The summed E-state index contributed by atoms with van der Waals surface area (Å²) in [5, 5.41) is 13.8. The first-order valence-corrected chi connectivity index (χ1v) is 4.49. The molecule has 2 rings (SSSR count). The number of nitriles is 1. The van der Waals surface area contributed by atoms with Gasteiger partial charge in [-0.15, -0.1) is 0 Å². The number of rotatable bonds is 1. The van der Waals surface area contributed by atoms with Crippen molar-refractivity contribution in [2.45, 2.75) is 6.92 Å². The molecule has 0 spiro atoms. The molecule has 0 fully saturated rings. The molecule has 0 aliphatic heterocycles. The summed E-state index contributed by atoms with van der Waals surface area (Å²) in [6.45, 7) is 1.88. The van der Waals surface area contributed by atoms with Crippen molar-refractivity contribution in [3.8, 4) is 17.2 Å². The Morgan fingerprint density at radius 1 is 1.33 bits per heavy atom. The van der Waals surface area contributed by atoms with Crippen molar-refractivity contribution < 1.29 is 0 Å². The van der Waals surface area contributed by atoms with Crippen LogP contribution in [-0.2, 0) is 0 Å². The van der Waals surface area contributed by atoms with E-state index in [1.807, 2.05) is 6.92 Å². The molecule has 0 radical (unpaired) electrons. The standard InChI is InChI=1S/C11H9N3O/c1-7-4-8(5-12)2-3-9(7)10-6-13-14-11(10)15/h2-4,6H,1H3,(H2,13,14,15). The quantitative estimate of drug-likeness (QED) is 0.731. The lowest BCUT2D eigenvalue weighted by Gasteiger charge is -2.01. The first kappa shape index (κ1) is 9.28. The topological polar surface area (TPSA) is 72.4 Å². The zero-order valence-corrected chi connectivity index (χ0v) is 8.16. The third kappa shape index (κ3) is 1.55. The Balaban J connectivity index is 2.61. The predicted molar refractivity (Wildman–Crippen MR) is 56.3 cm³/mol. The van der Waals surface area contributed by atoms with E-state index >= 15 is 0 Å². The largest absolute Gasteiger partial charge is 0.305 e. The Kier molecular flexibility index (Phi) is 2.14. The maximum Gasteiger partial charge on any atom is 0.271 e. The molecule has 74 valence electrons. The van der Waals surface area contributed by atoms with Gasteiger partial charge in [-0.2, -0.15) is 5.26 Å². The smallest absolute Gasteiger partial charge is 0.271 e. The SMILES string of the molecule is Cc1cc(C#N)ccc1-c1c[nH][nH]c1=O. The van der Waals surface area contributed by atoms with Crippen LogP contribution in [0.3, 0.4) is 0 Å². The summed E-state index contributed by atoms with van der Waals surface area (Å²) in [6.07, 6.45) is 1.62. The Morgan fingerprint density at radius 3 is 2.67 bits per heavy atom. The molecule has 2 N–H and O–H groups in total.